The van der Waals surface area contributed by atoms with Gasteiger partial charge in [0.25, 0.3) is 5.91 Å². The van der Waals surface area contributed by atoms with E-state index in [4.69, 9.17) is 27.6 Å². The molecule has 88 valence electrons. The van der Waals surface area contributed by atoms with Gasteiger partial charge in [-0.25, -0.2) is 4.98 Å². The van der Waals surface area contributed by atoms with E-state index in [0.717, 1.165) is 0 Å². The Bertz CT molecular complexity index is 568. The van der Waals surface area contributed by atoms with E-state index in [1.165, 1.54) is 18.4 Å². The van der Waals surface area contributed by atoms with Crippen LogP contribution in [0.4, 0.5) is 6.01 Å². The Hall–Kier alpha value is -1.59. The minimum Gasteiger partial charge on any atom is -0.432 e. The van der Waals surface area contributed by atoms with E-state index in [2.05, 4.69) is 15.3 Å². The molecule has 1 N–H and O–H groups in total. The highest BCUT2D eigenvalue weighted by Crippen LogP contribution is 2.18. The number of aryl methyl sites for hydroxylation is 1. The van der Waals surface area contributed by atoms with Crippen molar-refractivity contribution >= 4 is 35.1 Å². The highest BCUT2D eigenvalue weighted by Gasteiger charge is 2.14. The Morgan fingerprint density at radius 2 is 2.12 bits per heavy atom. The Morgan fingerprint density at radius 1 is 1.35 bits per heavy atom. The molecule has 2 heterocycles. The lowest BCUT2D eigenvalue weighted by atomic mass is 10.3. The van der Waals surface area contributed by atoms with Crippen LogP contribution in [0.3, 0.4) is 0 Å². The van der Waals surface area contributed by atoms with E-state index in [1.54, 1.807) is 6.92 Å². The van der Waals surface area contributed by atoms with Gasteiger partial charge in [-0.2, -0.15) is 4.98 Å². The first-order valence-electron chi connectivity index (χ1n) is 4.62. The number of carbonyl (C=O) groups is 1. The molecule has 0 aliphatic carbocycles. The van der Waals surface area contributed by atoms with Crippen molar-refractivity contribution in [3.63, 3.8) is 0 Å². The zero-order valence-corrected chi connectivity index (χ0v) is 10.2. The second-order valence-corrected chi connectivity index (χ2v) is 3.97. The summed E-state index contributed by atoms with van der Waals surface area (Å²) in [6.45, 7) is 1.75. The largest absolute Gasteiger partial charge is 0.432 e. The number of aromatic nitrogens is 2. The summed E-state index contributed by atoms with van der Waals surface area (Å²) in [6.07, 6.45) is 1.43. The molecule has 0 radical (unpaired) electrons. The number of halogens is 2. The second kappa shape index (κ2) is 4.73. The maximum atomic E-state index is 11.8. The average Bonchev–Trinajstić information content (AvgIpc) is 2.63. The lowest BCUT2D eigenvalue weighted by Gasteiger charge is -2.02. The number of hydrogen-bond donors (Lipinski definition) is 1. The van der Waals surface area contributed by atoms with Gasteiger partial charge in [0.05, 0.1) is 11.3 Å². The van der Waals surface area contributed by atoms with Gasteiger partial charge in [-0.3, -0.25) is 10.1 Å². The molecular weight excluding hydrogens is 265 g/mol. The highest BCUT2D eigenvalue weighted by molar-refractivity contribution is 6.35. The third kappa shape index (κ3) is 2.75. The molecule has 0 unspecified atom stereocenters. The first kappa shape index (κ1) is 11.9. The standard InChI is InChI=1S/C10H7Cl2N3O2/c1-5-4-17-10(13-5)15-9(16)6-2-3-7(11)14-8(6)12/h2-4H,1H3,(H,13,15,16). The van der Waals surface area contributed by atoms with E-state index in [1.807, 2.05) is 0 Å². The molecule has 1 amide bonds. The fourth-order valence-electron chi connectivity index (χ4n) is 1.16. The third-order valence-electron chi connectivity index (χ3n) is 1.90. The topological polar surface area (TPSA) is 68.0 Å². The summed E-state index contributed by atoms with van der Waals surface area (Å²) in [5.41, 5.74) is 0.868. The van der Waals surface area contributed by atoms with Crippen molar-refractivity contribution in [2.24, 2.45) is 0 Å². The van der Waals surface area contributed by atoms with Crippen molar-refractivity contribution in [3.05, 3.63) is 40.0 Å². The summed E-state index contributed by atoms with van der Waals surface area (Å²) in [7, 11) is 0. The monoisotopic (exact) mass is 271 g/mol. The van der Waals surface area contributed by atoms with Crippen molar-refractivity contribution in [1.29, 1.82) is 0 Å². The molecule has 0 aliphatic heterocycles. The quantitative estimate of drug-likeness (QED) is 0.853. The number of anilines is 1. The van der Waals surface area contributed by atoms with E-state index < -0.39 is 5.91 Å². The zero-order valence-electron chi connectivity index (χ0n) is 8.70. The minimum atomic E-state index is -0.457. The van der Waals surface area contributed by atoms with Crippen LogP contribution in [0.25, 0.3) is 0 Å². The molecule has 0 fully saturated rings. The van der Waals surface area contributed by atoms with Crippen LogP contribution in [0.15, 0.2) is 22.8 Å². The number of pyridine rings is 1. The van der Waals surface area contributed by atoms with Gasteiger partial charge in [0.15, 0.2) is 0 Å². The summed E-state index contributed by atoms with van der Waals surface area (Å²) in [4.78, 5) is 19.5. The predicted molar refractivity (Wildman–Crippen MR) is 63.5 cm³/mol. The molecular formula is C10H7Cl2N3O2. The maximum absolute atomic E-state index is 11.8. The molecule has 0 saturated heterocycles. The normalized spacial score (nSPS) is 10.3. The number of nitrogens with one attached hydrogen (secondary N) is 1. The van der Waals surface area contributed by atoms with Gasteiger partial charge in [-0.15, -0.1) is 0 Å². The number of nitrogens with zero attached hydrogens (tertiary/aromatic N) is 2. The predicted octanol–water partition coefficient (Wildman–Crippen LogP) is 2.94. The van der Waals surface area contributed by atoms with Crippen molar-refractivity contribution in [3.8, 4) is 0 Å². The number of rotatable bonds is 2. The molecule has 7 heteroatoms. The van der Waals surface area contributed by atoms with E-state index in [9.17, 15) is 4.79 Å². The number of carbonyl (C=O) groups excluding carboxylic acids is 1. The Labute approximate surface area is 107 Å². The van der Waals surface area contributed by atoms with Crippen LogP contribution in [0.5, 0.6) is 0 Å². The number of hydrogen-bond acceptors (Lipinski definition) is 4. The SMILES string of the molecule is Cc1coc(NC(=O)c2ccc(Cl)nc2Cl)n1. The first-order valence-corrected chi connectivity index (χ1v) is 5.37. The van der Waals surface area contributed by atoms with E-state index in [0.29, 0.717) is 5.69 Å². The van der Waals surface area contributed by atoms with E-state index >= 15 is 0 Å². The van der Waals surface area contributed by atoms with Gasteiger partial charge in [-0.1, -0.05) is 23.2 Å². The molecule has 5 nitrogen and oxygen atoms in total. The van der Waals surface area contributed by atoms with Crippen LogP contribution in [-0.4, -0.2) is 15.9 Å². The lowest BCUT2D eigenvalue weighted by molar-refractivity contribution is 0.102. The minimum absolute atomic E-state index is 0.0262. The van der Waals surface area contributed by atoms with Gasteiger partial charge in [0.1, 0.15) is 16.6 Å². The lowest BCUT2D eigenvalue weighted by Crippen LogP contribution is -2.13. The van der Waals surface area contributed by atoms with Crippen molar-refractivity contribution < 1.29 is 9.21 Å². The number of oxazole rings is 1. The van der Waals surface area contributed by atoms with Crippen LogP contribution in [-0.2, 0) is 0 Å². The van der Waals surface area contributed by atoms with Gasteiger partial charge in [0, 0.05) is 0 Å². The summed E-state index contributed by atoms with van der Waals surface area (Å²) < 4.78 is 4.99. The second-order valence-electron chi connectivity index (χ2n) is 3.22. The van der Waals surface area contributed by atoms with Crippen LogP contribution in [0.2, 0.25) is 10.3 Å². The molecule has 0 aromatic carbocycles. The maximum Gasteiger partial charge on any atom is 0.301 e. The van der Waals surface area contributed by atoms with Gasteiger partial charge in [-0.05, 0) is 19.1 Å². The van der Waals surface area contributed by atoms with Crippen molar-refractivity contribution in [1.82, 2.24) is 9.97 Å². The zero-order chi connectivity index (χ0) is 12.4. The van der Waals surface area contributed by atoms with Crippen LogP contribution in [0, 0.1) is 6.92 Å². The summed E-state index contributed by atoms with van der Waals surface area (Å²) in [5.74, 6) is -0.457. The molecule has 0 saturated carbocycles. The summed E-state index contributed by atoms with van der Waals surface area (Å²) >= 11 is 11.4. The van der Waals surface area contributed by atoms with Crippen molar-refractivity contribution in [2.45, 2.75) is 6.92 Å². The first-order chi connectivity index (χ1) is 8.06. The van der Waals surface area contributed by atoms with Crippen LogP contribution in [0.1, 0.15) is 16.1 Å². The molecule has 2 rings (SSSR count). The third-order valence-corrected chi connectivity index (χ3v) is 2.40. The Kier molecular flexibility index (Phi) is 3.31. The summed E-state index contributed by atoms with van der Waals surface area (Å²) in [6, 6.07) is 3.06. The Balaban J connectivity index is 2.20. The van der Waals surface area contributed by atoms with Gasteiger partial charge < -0.3 is 4.42 Å². The molecule has 0 bridgehead atoms. The van der Waals surface area contributed by atoms with Crippen molar-refractivity contribution in [2.75, 3.05) is 5.32 Å². The Morgan fingerprint density at radius 3 is 2.71 bits per heavy atom. The highest BCUT2D eigenvalue weighted by atomic mass is 35.5. The molecule has 2 aromatic rings. The average molecular weight is 272 g/mol. The molecule has 0 aliphatic rings. The van der Waals surface area contributed by atoms with Crippen LogP contribution < -0.4 is 5.32 Å². The fraction of sp³-hybridized carbons (Fsp3) is 0.100. The van der Waals surface area contributed by atoms with E-state index in [-0.39, 0.29) is 21.9 Å². The molecule has 17 heavy (non-hydrogen) atoms. The number of amides is 1. The fourth-order valence-corrected chi connectivity index (χ4v) is 1.59. The van der Waals surface area contributed by atoms with Gasteiger partial charge in [0.2, 0.25) is 0 Å². The summed E-state index contributed by atoms with van der Waals surface area (Å²) in [5, 5.41) is 2.70. The smallest absolute Gasteiger partial charge is 0.301 e. The van der Waals surface area contributed by atoms with Gasteiger partial charge >= 0.3 is 6.01 Å². The van der Waals surface area contributed by atoms with Crippen LogP contribution >= 0.6 is 23.2 Å². The molecule has 0 spiro atoms. The molecule has 0 atom stereocenters. The molecule has 2 aromatic heterocycles.